The third-order valence-corrected chi connectivity index (χ3v) is 5.68. The van der Waals surface area contributed by atoms with Crippen LogP contribution in [0, 0.1) is 12.8 Å². The molecular weight excluding hydrogens is 316 g/mol. The molecule has 0 aliphatic heterocycles. The smallest absolute Gasteiger partial charge is 0.251 e. The van der Waals surface area contributed by atoms with Crippen LogP contribution >= 0.6 is 11.3 Å². The zero-order valence-electron chi connectivity index (χ0n) is 15.6. The second-order valence-corrected chi connectivity index (χ2v) is 7.75. The van der Waals surface area contributed by atoms with E-state index in [9.17, 15) is 4.79 Å². The molecule has 0 fully saturated rings. The fourth-order valence-electron chi connectivity index (χ4n) is 3.42. The first-order valence-electron chi connectivity index (χ1n) is 8.96. The van der Waals surface area contributed by atoms with Gasteiger partial charge in [-0.15, -0.1) is 0 Å². The van der Waals surface area contributed by atoms with E-state index < -0.39 is 0 Å². The molecule has 0 radical (unpaired) electrons. The Morgan fingerprint density at radius 2 is 2.00 bits per heavy atom. The summed E-state index contributed by atoms with van der Waals surface area (Å²) in [6.07, 6.45) is 4.52. The quantitative estimate of drug-likeness (QED) is 0.624. The largest absolute Gasteiger partial charge is 0.366 e. The molecule has 2 heterocycles. The topological polar surface area (TPSA) is 48.0 Å². The summed E-state index contributed by atoms with van der Waals surface area (Å²) in [6, 6.07) is 2.44. The predicted molar refractivity (Wildman–Crippen MR) is 104 cm³/mol. The Balaban J connectivity index is 2.69. The van der Waals surface area contributed by atoms with Crippen LogP contribution in [0.15, 0.2) is 16.8 Å². The summed E-state index contributed by atoms with van der Waals surface area (Å²) >= 11 is 1.66. The fraction of sp³-hybridized carbons (Fsp3) is 0.550. The van der Waals surface area contributed by atoms with Crippen LogP contribution in [-0.2, 0) is 6.42 Å². The first-order valence-corrected chi connectivity index (χ1v) is 9.90. The van der Waals surface area contributed by atoms with Gasteiger partial charge in [-0.05, 0) is 55.0 Å². The molecule has 0 bridgehead atoms. The maximum absolute atomic E-state index is 12.2. The molecule has 132 valence electrons. The molecule has 1 atom stereocenters. The minimum absolute atomic E-state index is 0.319. The predicted octanol–water partition coefficient (Wildman–Crippen LogP) is 5.57. The van der Waals surface area contributed by atoms with Crippen molar-refractivity contribution >= 4 is 17.2 Å². The van der Waals surface area contributed by atoms with E-state index in [-0.39, 0.29) is 5.91 Å². The Kier molecular flexibility index (Phi) is 6.27. The van der Waals surface area contributed by atoms with Gasteiger partial charge in [0.2, 0.25) is 0 Å². The summed E-state index contributed by atoms with van der Waals surface area (Å²) in [5.74, 6) is 0.178. The summed E-state index contributed by atoms with van der Waals surface area (Å²) in [7, 11) is 0. The summed E-state index contributed by atoms with van der Waals surface area (Å²) in [5, 5.41) is 4.18. The molecular formula is C20H30N2OS. The van der Waals surface area contributed by atoms with Gasteiger partial charge in [0.1, 0.15) is 0 Å². The van der Waals surface area contributed by atoms with Crippen molar-refractivity contribution in [3.8, 4) is 11.1 Å². The third kappa shape index (κ3) is 3.59. The highest BCUT2D eigenvalue weighted by atomic mass is 32.1. The van der Waals surface area contributed by atoms with Crippen LogP contribution in [0.2, 0.25) is 0 Å². The Bertz CT molecular complexity index is 683. The SMILES string of the molecule is CCCCCc1c(-c2ccsc2)c(C(N)=O)c(C)n1C(C)C(C)C. The molecule has 0 saturated heterocycles. The molecule has 0 aromatic carbocycles. The van der Waals surface area contributed by atoms with Crippen LogP contribution in [0.4, 0.5) is 0 Å². The highest BCUT2D eigenvalue weighted by molar-refractivity contribution is 7.08. The molecule has 1 amide bonds. The van der Waals surface area contributed by atoms with Crippen LogP contribution in [0.25, 0.3) is 11.1 Å². The Morgan fingerprint density at radius 3 is 2.50 bits per heavy atom. The van der Waals surface area contributed by atoms with Gasteiger partial charge in [-0.2, -0.15) is 11.3 Å². The molecule has 2 rings (SSSR count). The van der Waals surface area contributed by atoms with E-state index in [1.165, 1.54) is 18.5 Å². The lowest BCUT2D eigenvalue weighted by Gasteiger charge is -2.23. The normalized spacial score (nSPS) is 12.8. The zero-order valence-corrected chi connectivity index (χ0v) is 16.4. The van der Waals surface area contributed by atoms with Gasteiger partial charge < -0.3 is 10.3 Å². The third-order valence-electron chi connectivity index (χ3n) is 5.00. The highest BCUT2D eigenvalue weighted by Gasteiger charge is 2.27. The first kappa shape index (κ1) is 18.8. The van der Waals surface area contributed by atoms with E-state index in [0.717, 1.165) is 29.7 Å². The van der Waals surface area contributed by atoms with Crippen molar-refractivity contribution in [1.82, 2.24) is 4.57 Å². The number of carbonyl (C=O) groups is 1. The van der Waals surface area contributed by atoms with Crippen LogP contribution < -0.4 is 5.73 Å². The molecule has 2 aromatic heterocycles. The Hall–Kier alpha value is -1.55. The lowest BCUT2D eigenvalue weighted by molar-refractivity contribution is 0.1000. The van der Waals surface area contributed by atoms with Gasteiger partial charge in [-0.25, -0.2) is 0 Å². The van der Waals surface area contributed by atoms with Crippen molar-refractivity contribution in [2.75, 3.05) is 0 Å². The van der Waals surface area contributed by atoms with Crippen molar-refractivity contribution < 1.29 is 4.79 Å². The van der Waals surface area contributed by atoms with E-state index in [0.29, 0.717) is 17.5 Å². The standard InChI is InChI=1S/C20H30N2OS/c1-6-7-8-9-17-19(16-10-11-24-12-16)18(20(21)23)15(5)22(17)14(4)13(2)3/h10-14H,6-9H2,1-5H3,(H2,21,23). The summed E-state index contributed by atoms with van der Waals surface area (Å²) < 4.78 is 2.37. The minimum Gasteiger partial charge on any atom is -0.366 e. The van der Waals surface area contributed by atoms with Crippen LogP contribution in [0.1, 0.15) is 74.7 Å². The van der Waals surface area contributed by atoms with E-state index in [1.54, 1.807) is 11.3 Å². The molecule has 2 N–H and O–H groups in total. The van der Waals surface area contributed by atoms with Crippen LogP contribution in [0.3, 0.4) is 0 Å². The van der Waals surface area contributed by atoms with Gasteiger partial charge in [0, 0.05) is 23.0 Å². The van der Waals surface area contributed by atoms with Gasteiger partial charge in [0.15, 0.2) is 0 Å². The number of thiophene rings is 1. The number of primary amides is 1. The summed E-state index contributed by atoms with van der Waals surface area (Å²) in [5.41, 5.74) is 11.0. The van der Waals surface area contributed by atoms with Crippen molar-refractivity contribution in [2.24, 2.45) is 11.7 Å². The number of carbonyl (C=O) groups excluding carboxylic acids is 1. The number of unbranched alkanes of at least 4 members (excludes halogenated alkanes) is 2. The monoisotopic (exact) mass is 346 g/mol. The van der Waals surface area contributed by atoms with Crippen LogP contribution in [-0.4, -0.2) is 10.5 Å². The number of aromatic nitrogens is 1. The van der Waals surface area contributed by atoms with E-state index in [1.807, 2.05) is 6.92 Å². The maximum atomic E-state index is 12.2. The minimum atomic E-state index is -0.319. The molecule has 2 aromatic rings. The molecule has 24 heavy (non-hydrogen) atoms. The lowest BCUT2D eigenvalue weighted by Crippen LogP contribution is -2.17. The second-order valence-electron chi connectivity index (χ2n) is 6.97. The van der Waals surface area contributed by atoms with E-state index in [4.69, 9.17) is 5.73 Å². The van der Waals surface area contributed by atoms with E-state index in [2.05, 4.69) is 49.1 Å². The Morgan fingerprint density at radius 1 is 1.29 bits per heavy atom. The second kappa shape index (κ2) is 8.02. The van der Waals surface area contributed by atoms with Gasteiger partial charge in [0.05, 0.1) is 5.56 Å². The number of amides is 1. The lowest BCUT2D eigenvalue weighted by atomic mass is 9.99. The fourth-order valence-corrected chi connectivity index (χ4v) is 4.07. The summed E-state index contributed by atoms with van der Waals surface area (Å²) in [4.78, 5) is 12.2. The van der Waals surface area contributed by atoms with Crippen molar-refractivity contribution in [1.29, 1.82) is 0 Å². The number of hydrogen-bond donors (Lipinski definition) is 1. The zero-order chi connectivity index (χ0) is 17.9. The number of rotatable bonds is 8. The number of nitrogens with zero attached hydrogens (tertiary/aromatic N) is 1. The van der Waals surface area contributed by atoms with Crippen LogP contribution in [0.5, 0.6) is 0 Å². The molecule has 0 aliphatic rings. The van der Waals surface area contributed by atoms with Crippen molar-refractivity contribution in [3.63, 3.8) is 0 Å². The molecule has 4 heteroatoms. The average molecular weight is 347 g/mol. The maximum Gasteiger partial charge on any atom is 0.251 e. The summed E-state index contributed by atoms with van der Waals surface area (Å²) in [6.45, 7) is 11.0. The van der Waals surface area contributed by atoms with Gasteiger partial charge in [0.25, 0.3) is 5.91 Å². The molecule has 0 spiro atoms. The molecule has 0 aliphatic carbocycles. The highest BCUT2D eigenvalue weighted by Crippen LogP contribution is 2.38. The van der Waals surface area contributed by atoms with Gasteiger partial charge in [-0.1, -0.05) is 33.6 Å². The first-order chi connectivity index (χ1) is 11.4. The molecule has 3 nitrogen and oxygen atoms in total. The Labute approximate surface area is 149 Å². The van der Waals surface area contributed by atoms with Crippen molar-refractivity contribution in [2.45, 2.75) is 66.3 Å². The van der Waals surface area contributed by atoms with Crippen molar-refractivity contribution in [3.05, 3.63) is 33.8 Å². The average Bonchev–Trinajstić information content (AvgIpc) is 3.12. The molecule has 0 saturated carbocycles. The number of nitrogens with two attached hydrogens (primary N) is 1. The van der Waals surface area contributed by atoms with Gasteiger partial charge in [-0.3, -0.25) is 4.79 Å². The molecule has 1 unspecified atom stereocenters. The van der Waals surface area contributed by atoms with E-state index >= 15 is 0 Å². The van der Waals surface area contributed by atoms with Gasteiger partial charge >= 0.3 is 0 Å². The number of hydrogen-bond acceptors (Lipinski definition) is 2.